The van der Waals surface area contributed by atoms with E-state index in [1.54, 1.807) is 30.3 Å². The van der Waals surface area contributed by atoms with Gasteiger partial charge in [0.25, 0.3) is 11.8 Å². The summed E-state index contributed by atoms with van der Waals surface area (Å²) in [6.07, 6.45) is 1.65. The Hall–Kier alpha value is -2.16. The first-order valence-electron chi connectivity index (χ1n) is 7.49. The summed E-state index contributed by atoms with van der Waals surface area (Å²) in [5.41, 5.74) is 4.74. The molecule has 0 aliphatic carbocycles. The van der Waals surface area contributed by atoms with Gasteiger partial charge in [0, 0.05) is 5.56 Å². The summed E-state index contributed by atoms with van der Waals surface area (Å²) in [4.78, 5) is 25.3. The van der Waals surface area contributed by atoms with E-state index in [0.717, 1.165) is 27.9 Å². The molecule has 0 unspecified atom stereocenters. The molecule has 0 bridgehead atoms. The van der Waals surface area contributed by atoms with Crippen molar-refractivity contribution in [3.05, 3.63) is 68.5 Å². The van der Waals surface area contributed by atoms with E-state index >= 15 is 0 Å². The highest BCUT2D eigenvalue weighted by Crippen LogP contribution is 2.33. The Balaban J connectivity index is 1.78. The van der Waals surface area contributed by atoms with E-state index in [9.17, 15) is 14.7 Å². The van der Waals surface area contributed by atoms with Gasteiger partial charge in [0.15, 0.2) is 4.32 Å². The molecule has 2 N–H and O–H groups in total. The normalized spacial score (nSPS) is 15.6. The molecule has 1 heterocycles. The number of carbonyl (C=O) groups is 2. The molecule has 132 valence electrons. The van der Waals surface area contributed by atoms with E-state index < -0.39 is 11.8 Å². The third kappa shape index (κ3) is 3.98. The van der Waals surface area contributed by atoms with Crippen molar-refractivity contribution in [3.63, 3.8) is 0 Å². The minimum absolute atomic E-state index is 0.111. The molecule has 0 radical (unpaired) electrons. The molecule has 26 heavy (non-hydrogen) atoms. The Morgan fingerprint density at radius 1 is 1.27 bits per heavy atom. The average Bonchev–Trinajstić information content (AvgIpc) is 2.86. The van der Waals surface area contributed by atoms with Crippen molar-refractivity contribution in [2.24, 2.45) is 0 Å². The number of halogens is 1. The third-order valence-electron chi connectivity index (χ3n) is 3.59. The van der Waals surface area contributed by atoms with Gasteiger partial charge in [-0.25, -0.2) is 0 Å². The lowest BCUT2D eigenvalue weighted by Gasteiger charge is -2.15. The second-order valence-electron chi connectivity index (χ2n) is 5.53. The Kier molecular flexibility index (Phi) is 5.45. The maximum absolute atomic E-state index is 12.6. The number of hydrogen-bond acceptors (Lipinski definition) is 5. The number of hydrazine groups is 1. The fourth-order valence-corrected chi connectivity index (χ4v) is 3.78. The number of hydrogen-bond donors (Lipinski definition) is 2. The summed E-state index contributed by atoms with van der Waals surface area (Å²) in [6.45, 7) is 1.93. The molecule has 1 aliphatic rings. The van der Waals surface area contributed by atoms with Crippen LogP contribution in [0.3, 0.4) is 0 Å². The van der Waals surface area contributed by atoms with E-state index in [-0.39, 0.29) is 10.1 Å². The van der Waals surface area contributed by atoms with Crippen LogP contribution in [0.5, 0.6) is 5.75 Å². The van der Waals surface area contributed by atoms with Crippen molar-refractivity contribution in [1.82, 2.24) is 10.4 Å². The number of phenolic OH excluding ortho intramolecular Hbond substituents is 1. The monoisotopic (exact) mass is 448 g/mol. The molecule has 1 fully saturated rings. The van der Waals surface area contributed by atoms with Crippen LogP contribution in [0.2, 0.25) is 0 Å². The highest BCUT2D eigenvalue weighted by Gasteiger charge is 2.33. The molecule has 0 atom stereocenters. The Labute approximate surface area is 168 Å². The number of rotatable bonds is 3. The largest absolute Gasteiger partial charge is 0.507 e. The summed E-state index contributed by atoms with van der Waals surface area (Å²) in [5, 5.41) is 10.6. The van der Waals surface area contributed by atoms with Crippen molar-refractivity contribution in [2.45, 2.75) is 6.92 Å². The molecule has 2 amide bonds. The topological polar surface area (TPSA) is 69.6 Å². The van der Waals surface area contributed by atoms with E-state index in [0.29, 0.717) is 14.9 Å². The number of nitrogens with one attached hydrogen (secondary N) is 1. The van der Waals surface area contributed by atoms with Crippen LogP contribution in [-0.4, -0.2) is 26.3 Å². The van der Waals surface area contributed by atoms with Crippen LogP contribution in [-0.2, 0) is 4.79 Å². The zero-order chi connectivity index (χ0) is 18.8. The van der Waals surface area contributed by atoms with E-state index in [1.807, 2.05) is 19.1 Å². The third-order valence-corrected chi connectivity index (χ3v) is 5.53. The molecule has 2 aromatic carbocycles. The van der Waals surface area contributed by atoms with Gasteiger partial charge < -0.3 is 5.11 Å². The minimum Gasteiger partial charge on any atom is -0.507 e. The number of aryl methyl sites for hydroxylation is 1. The number of nitrogens with zero attached hydrogens (tertiary/aromatic N) is 1. The first-order chi connectivity index (χ1) is 12.3. The van der Waals surface area contributed by atoms with Crippen molar-refractivity contribution < 1.29 is 14.7 Å². The minimum atomic E-state index is -0.407. The van der Waals surface area contributed by atoms with Gasteiger partial charge in [0.1, 0.15) is 5.75 Å². The van der Waals surface area contributed by atoms with Gasteiger partial charge in [-0.1, -0.05) is 35.5 Å². The molecular formula is C18H13BrN2O3S2. The average molecular weight is 449 g/mol. The molecule has 1 saturated heterocycles. The van der Waals surface area contributed by atoms with Crippen molar-refractivity contribution in [1.29, 1.82) is 0 Å². The second kappa shape index (κ2) is 7.61. The molecular weight excluding hydrogens is 436 g/mol. The van der Waals surface area contributed by atoms with Gasteiger partial charge >= 0.3 is 0 Å². The standard InChI is InChI=1S/C18H13BrN2O3S2/c1-10-2-5-12(6-3-10)16(23)20-21-17(24)15(26-18(21)25)9-11-4-7-14(22)13(19)8-11/h2-9,22H,1H3,(H,20,23)/b15-9+. The molecule has 3 rings (SSSR count). The van der Waals surface area contributed by atoms with Gasteiger partial charge in [0.05, 0.1) is 9.38 Å². The Morgan fingerprint density at radius 3 is 2.62 bits per heavy atom. The van der Waals surface area contributed by atoms with E-state index in [4.69, 9.17) is 12.2 Å². The van der Waals surface area contributed by atoms with Crippen molar-refractivity contribution in [3.8, 4) is 5.75 Å². The van der Waals surface area contributed by atoms with Crippen LogP contribution in [0, 0.1) is 6.92 Å². The highest BCUT2D eigenvalue weighted by atomic mass is 79.9. The summed E-state index contributed by atoms with van der Waals surface area (Å²) in [7, 11) is 0. The number of thioether (sulfide) groups is 1. The molecule has 0 aromatic heterocycles. The molecule has 2 aromatic rings. The zero-order valence-electron chi connectivity index (χ0n) is 13.5. The van der Waals surface area contributed by atoms with Crippen LogP contribution in [0.4, 0.5) is 0 Å². The summed E-state index contributed by atoms with van der Waals surface area (Å²) < 4.78 is 0.772. The summed E-state index contributed by atoms with van der Waals surface area (Å²) in [6, 6.07) is 11.9. The maximum Gasteiger partial charge on any atom is 0.285 e. The van der Waals surface area contributed by atoms with Gasteiger partial charge in [-0.15, -0.1) is 0 Å². The second-order valence-corrected chi connectivity index (χ2v) is 8.07. The fraction of sp³-hybridized carbons (Fsp3) is 0.0556. The van der Waals surface area contributed by atoms with Crippen LogP contribution < -0.4 is 5.43 Å². The first-order valence-corrected chi connectivity index (χ1v) is 9.51. The zero-order valence-corrected chi connectivity index (χ0v) is 16.7. The SMILES string of the molecule is Cc1ccc(C(=O)NN2C(=O)/C(=C\c3ccc(O)c(Br)c3)SC2=S)cc1. The van der Waals surface area contributed by atoms with Crippen molar-refractivity contribution >= 4 is 62.1 Å². The predicted molar refractivity (Wildman–Crippen MR) is 109 cm³/mol. The Morgan fingerprint density at radius 2 is 1.96 bits per heavy atom. The van der Waals surface area contributed by atoms with Gasteiger partial charge in [-0.05, 0) is 71.0 Å². The number of benzene rings is 2. The van der Waals surface area contributed by atoms with Gasteiger partial charge in [0.2, 0.25) is 0 Å². The van der Waals surface area contributed by atoms with Crippen LogP contribution >= 0.6 is 39.9 Å². The van der Waals surface area contributed by atoms with Crippen LogP contribution in [0.1, 0.15) is 21.5 Å². The van der Waals surface area contributed by atoms with Crippen molar-refractivity contribution in [2.75, 3.05) is 0 Å². The quantitative estimate of drug-likeness (QED) is 0.548. The van der Waals surface area contributed by atoms with Crippen LogP contribution in [0.15, 0.2) is 51.8 Å². The molecule has 0 spiro atoms. The predicted octanol–water partition coefficient (Wildman–Crippen LogP) is 4.01. The highest BCUT2D eigenvalue weighted by molar-refractivity contribution is 9.10. The molecule has 0 saturated carbocycles. The lowest BCUT2D eigenvalue weighted by Crippen LogP contribution is -2.44. The number of amides is 2. The Bertz CT molecular complexity index is 942. The van der Waals surface area contributed by atoms with Crippen LogP contribution in [0.25, 0.3) is 6.08 Å². The maximum atomic E-state index is 12.6. The lowest BCUT2D eigenvalue weighted by atomic mass is 10.1. The van der Waals surface area contributed by atoms with Gasteiger partial charge in [-0.3, -0.25) is 15.0 Å². The molecule has 1 aliphatic heterocycles. The van der Waals surface area contributed by atoms with E-state index in [1.165, 1.54) is 6.07 Å². The van der Waals surface area contributed by atoms with E-state index in [2.05, 4.69) is 21.4 Å². The number of aromatic hydroxyl groups is 1. The first kappa shape index (κ1) is 18.6. The summed E-state index contributed by atoms with van der Waals surface area (Å²) in [5.74, 6) is -0.695. The summed E-state index contributed by atoms with van der Waals surface area (Å²) >= 11 is 9.55. The lowest BCUT2D eigenvalue weighted by molar-refractivity contribution is -0.123. The number of thiocarbonyl (C=S) groups is 1. The smallest absolute Gasteiger partial charge is 0.285 e. The molecule has 8 heteroatoms. The molecule has 5 nitrogen and oxygen atoms in total. The fourth-order valence-electron chi connectivity index (χ4n) is 2.20. The van der Waals surface area contributed by atoms with Gasteiger partial charge in [-0.2, -0.15) is 5.01 Å². The number of phenols is 1. The number of carbonyl (C=O) groups excluding carboxylic acids is 2.